The van der Waals surface area contributed by atoms with Crippen molar-refractivity contribution >= 4 is 10.8 Å². The molecule has 1 aromatic carbocycles. The molecule has 0 radical (unpaired) electrons. The normalized spacial score (nSPS) is 12.5. The Morgan fingerprint density at radius 2 is 2.00 bits per heavy atom. The van der Waals surface area contributed by atoms with Crippen molar-refractivity contribution in [3.05, 3.63) is 71.8 Å². The van der Waals surface area contributed by atoms with Gasteiger partial charge in [-0.15, -0.1) is 0 Å². The Labute approximate surface area is 118 Å². The topological polar surface area (TPSA) is 37.8 Å². The number of rotatable bonds is 3. The SMILES string of the molecule is CNC(c1ccnc(C)c1)c1cccc2ccncc12. The molecular weight excluding hydrogens is 246 g/mol. The predicted molar refractivity (Wildman–Crippen MR) is 81.6 cm³/mol. The van der Waals surface area contributed by atoms with Crippen LogP contribution in [0.15, 0.2) is 55.0 Å². The molecule has 3 rings (SSSR count). The number of hydrogen-bond donors (Lipinski definition) is 1. The van der Waals surface area contributed by atoms with E-state index < -0.39 is 0 Å². The Morgan fingerprint density at radius 3 is 2.80 bits per heavy atom. The molecule has 2 aromatic heterocycles. The first kappa shape index (κ1) is 12.8. The smallest absolute Gasteiger partial charge is 0.0582 e. The maximum atomic E-state index is 4.27. The molecule has 0 saturated carbocycles. The van der Waals surface area contributed by atoms with E-state index in [1.54, 1.807) is 0 Å². The highest BCUT2D eigenvalue weighted by Crippen LogP contribution is 2.28. The maximum Gasteiger partial charge on any atom is 0.0582 e. The van der Waals surface area contributed by atoms with E-state index in [1.165, 1.54) is 21.9 Å². The summed E-state index contributed by atoms with van der Waals surface area (Å²) in [6.45, 7) is 2.01. The summed E-state index contributed by atoms with van der Waals surface area (Å²) in [5, 5.41) is 5.79. The fourth-order valence-corrected chi connectivity index (χ4v) is 2.64. The number of benzene rings is 1. The average Bonchev–Trinajstić information content (AvgIpc) is 2.48. The molecule has 20 heavy (non-hydrogen) atoms. The summed E-state index contributed by atoms with van der Waals surface area (Å²) in [7, 11) is 1.98. The van der Waals surface area contributed by atoms with E-state index in [4.69, 9.17) is 0 Å². The van der Waals surface area contributed by atoms with E-state index in [2.05, 4.69) is 45.6 Å². The van der Waals surface area contributed by atoms with Gasteiger partial charge in [-0.25, -0.2) is 0 Å². The van der Waals surface area contributed by atoms with Crippen LogP contribution in [0.4, 0.5) is 0 Å². The van der Waals surface area contributed by atoms with Crippen molar-refractivity contribution in [2.24, 2.45) is 0 Å². The van der Waals surface area contributed by atoms with Crippen molar-refractivity contribution in [2.45, 2.75) is 13.0 Å². The number of nitrogens with zero attached hydrogens (tertiary/aromatic N) is 2. The van der Waals surface area contributed by atoms with Gasteiger partial charge in [-0.3, -0.25) is 9.97 Å². The molecule has 3 heteroatoms. The van der Waals surface area contributed by atoms with Crippen LogP contribution in [0.1, 0.15) is 22.9 Å². The summed E-state index contributed by atoms with van der Waals surface area (Å²) >= 11 is 0. The molecule has 0 aliphatic heterocycles. The molecule has 0 spiro atoms. The van der Waals surface area contributed by atoms with E-state index >= 15 is 0 Å². The molecule has 3 aromatic rings. The molecule has 0 saturated heterocycles. The molecular formula is C17H17N3. The molecule has 100 valence electrons. The number of aryl methyl sites for hydroxylation is 1. The first-order valence-corrected chi connectivity index (χ1v) is 6.72. The van der Waals surface area contributed by atoms with Gasteiger partial charge in [0.2, 0.25) is 0 Å². The number of hydrogen-bond acceptors (Lipinski definition) is 3. The highest BCUT2D eigenvalue weighted by atomic mass is 14.9. The van der Waals surface area contributed by atoms with Gasteiger partial charge in [-0.1, -0.05) is 18.2 Å². The van der Waals surface area contributed by atoms with Crippen LogP contribution < -0.4 is 5.32 Å². The fraction of sp³-hybridized carbons (Fsp3) is 0.176. The van der Waals surface area contributed by atoms with Crippen LogP contribution in [-0.4, -0.2) is 17.0 Å². The summed E-state index contributed by atoms with van der Waals surface area (Å²) in [6, 6.07) is 12.7. The molecule has 1 atom stereocenters. The van der Waals surface area contributed by atoms with Gasteiger partial charge >= 0.3 is 0 Å². The zero-order chi connectivity index (χ0) is 13.9. The van der Waals surface area contributed by atoms with E-state index in [-0.39, 0.29) is 6.04 Å². The average molecular weight is 263 g/mol. The molecule has 1 unspecified atom stereocenters. The van der Waals surface area contributed by atoms with E-state index in [1.807, 2.05) is 38.6 Å². The lowest BCUT2D eigenvalue weighted by molar-refractivity contribution is 0.694. The minimum absolute atomic E-state index is 0.143. The lowest BCUT2D eigenvalue weighted by atomic mass is 9.95. The van der Waals surface area contributed by atoms with Gasteiger partial charge in [-0.05, 0) is 48.7 Å². The minimum Gasteiger partial charge on any atom is -0.309 e. The second-order valence-electron chi connectivity index (χ2n) is 4.90. The van der Waals surface area contributed by atoms with E-state index in [9.17, 15) is 0 Å². The second-order valence-corrected chi connectivity index (χ2v) is 4.90. The number of aromatic nitrogens is 2. The molecule has 0 bridgehead atoms. The van der Waals surface area contributed by atoms with E-state index in [0.29, 0.717) is 0 Å². The Balaban J connectivity index is 2.17. The van der Waals surface area contributed by atoms with Crippen molar-refractivity contribution in [3.63, 3.8) is 0 Å². The van der Waals surface area contributed by atoms with Gasteiger partial charge in [0.25, 0.3) is 0 Å². The van der Waals surface area contributed by atoms with Crippen LogP contribution in [0.3, 0.4) is 0 Å². The Morgan fingerprint density at radius 1 is 1.10 bits per heavy atom. The van der Waals surface area contributed by atoms with Crippen molar-refractivity contribution < 1.29 is 0 Å². The van der Waals surface area contributed by atoms with Crippen LogP contribution in [-0.2, 0) is 0 Å². The third kappa shape index (κ3) is 2.28. The Kier molecular flexibility index (Phi) is 3.44. The molecule has 0 amide bonds. The fourth-order valence-electron chi connectivity index (χ4n) is 2.64. The Bertz CT molecular complexity index is 732. The summed E-state index contributed by atoms with van der Waals surface area (Å²) in [4.78, 5) is 8.53. The van der Waals surface area contributed by atoms with Crippen LogP contribution in [0.25, 0.3) is 10.8 Å². The second kappa shape index (κ2) is 5.39. The van der Waals surface area contributed by atoms with Gasteiger partial charge < -0.3 is 5.32 Å². The van der Waals surface area contributed by atoms with Gasteiger partial charge in [0.1, 0.15) is 0 Å². The monoisotopic (exact) mass is 263 g/mol. The Hall–Kier alpha value is -2.26. The van der Waals surface area contributed by atoms with Crippen molar-refractivity contribution in [1.82, 2.24) is 15.3 Å². The molecule has 2 heterocycles. The third-order valence-electron chi connectivity index (χ3n) is 3.57. The van der Waals surface area contributed by atoms with Gasteiger partial charge in [0.05, 0.1) is 6.04 Å². The first-order valence-electron chi connectivity index (χ1n) is 6.72. The first-order chi connectivity index (χ1) is 9.79. The van der Waals surface area contributed by atoms with Crippen LogP contribution >= 0.6 is 0 Å². The highest BCUT2D eigenvalue weighted by Gasteiger charge is 2.14. The minimum atomic E-state index is 0.143. The van der Waals surface area contributed by atoms with Crippen molar-refractivity contribution in [1.29, 1.82) is 0 Å². The van der Waals surface area contributed by atoms with E-state index in [0.717, 1.165) is 5.69 Å². The summed E-state index contributed by atoms with van der Waals surface area (Å²) in [5.74, 6) is 0. The lowest BCUT2D eigenvalue weighted by Crippen LogP contribution is -2.18. The van der Waals surface area contributed by atoms with Gasteiger partial charge in [0.15, 0.2) is 0 Å². The summed E-state index contributed by atoms with van der Waals surface area (Å²) in [5.41, 5.74) is 3.49. The maximum absolute atomic E-state index is 4.27. The zero-order valence-corrected chi connectivity index (χ0v) is 11.7. The summed E-state index contributed by atoms with van der Waals surface area (Å²) in [6.07, 6.45) is 5.62. The quantitative estimate of drug-likeness (QED) is 0.788. The zero-order valence-electron chi connectivity index (χ0n) is 11.7. The lowest BCUT2D eigenvalue weighted by Gasteiger charge is -2.19. The number of nitrogens with one attached hydrogen (secondary N) is 1. The third-order valence-corrected chi connectivity index (χ3v) is 3.57. The van der Waals surface area contributed by atoms with Crippen LogP contribution in [0.5, 0.6) is 0 Å². The summed E-state index contributed by atoms with van der Waals surface area (Å²) < 4.78 is 0. The largest absolute Gasteiger partial charge is 0.309 e. The number of fused-ring (bicyclic) bond motifs is 1. The van der Waals surface area contributed by atoms with Crippen LogP contribution in [0, 0.1) is 6.92 Å². The number of pyridine rings is 2. The van der Waals surface area contributed by atoms with Gasteiger partial charge in [-0.2, -0.15) is 0 Å². The van der Waals surface area contributed by atoms with Crippen molar-refractivity contribution in [2.75, 3.05) is 7.05 Å². The standard InChI is InChI=1S/C17H17N3/c1-12-10-14(7-9-20-12)17(18-2)15-5-3-4-13-6-8-19-11-16(13)15/h3-11,17-18H,1-2H3. The molecule has 3 nitrogen and oxygen atoms in total. The van der Waals surface area contributed by atoms with Crippen LogP contribution in [0.2, 0.25) is 0 Å². The molecule has 0 aliphatic rings. The van der Waals surface area contributed by atoms with Gasteiger partial charge in [0, 0.05) is 29.7 Å². The predicted octanol–water partition coefficient (Wildman–Crippen LogP) is 3.25. The molecule has 0 fully saturated rings. The molecule has 1 N–H and O–H groups in total. The molecule has 0 aliphatic carbocycles. The van der Waals surface area contributed by atoms with Crippen molar-refractivity contribution in [3.8, 4) is 0 Å². The highest BCUT2D eigenvalue weighted by molar-refractivity contribution is 5.85.